The maximum atomic E-state index is 12.4. The third kappa shape index (κ3) is 2.14. The molecule has 0 aromatic rings. The van der Waals surface area contributed by atoms with Crippen LogP contribution >= 0.6 is 0 Å². The van der Waals surface area contributed by atoms with Crippen molar-refractivity contribution >= 4 is 6.21 Å². The minimum atomic E-state index is -4.31. The number of halogens is 3. The van der Waals surface area contributed by atoms with Crippen molar-refractivity contribution in [3.63, 3.8) is 0 Å². The first-order valence-corrected chi connectivity index (χ1v) is 4.74. The zero-order chi connectivity index (χ0) is 11.1. The summed E-state index contributed by atoms with van der Waals surface area (Å²) in [7, 11) is 1.94. The van der Waals surface area contributed by atoms with Crippen molar-refractivity contribution in [2.24, 2.45) is 4.99 Å². The van der Waals surface area contributed by atoms with Crippen LogP contribution in [0, 0.1) is 0 Å². The summed E-state index contributed by atoms with van der Waals surface area (Å²) in [5.74, 6) is 0. The molecule has 0 bridgehead atoms. The van der Waals surface area contributed by atoms with Gasteiger partial charge in [0.2, 0.25) is 6.17 Å². The molecule has 6 heteroatoms. The average molecular weight is 219 g/mol. The van der Waals surface area contributed by atoms with Crippen LogP contribution in [0.3, 0.4) is 0 Å². The van der Waals surface area contributed by atoms with Gasteiger partial charge in [0.05, 0.1) is 0 Å². The fraction of sp³-hybridized carbons (Fsp3) is 0.667. The normalized spacial score (nSPS) is 27.6. The van der Waals surface area contributed by atoms with Gasteiger partial charge in [0, 0.05) is 37.0 Å². The largest absolute Gasteiger partial charge is 0.429 e. The molecule has 1 unspecified atom stereocenters. The summed E-state index contributed by atoms with van der Waals surface area (Å²) >= 11 is 0. The number of nitrogens with one attached hydrogen (secondary N) is 1. The molecule has 0 aliphatic carbocycles. The van der Waals surface area contributed by atoms with Crippen molar-refractivity contribution in [3.05, 3.63) is 11.3 Å². The Balaban J connectivity index is 2.13. The highest BCUT2D eigenvalue weighted by Gasteiger charge is 2.41. The van der Waals surface area contributed by atoms with Gasteiger partial charge in [-0.1, -0.05) is 0 Å². The van der Waals surface area contributed by atoms with Crippen molar-refractivity contribution in [2.45, 2.75) is 18.8 Å². The molecule has 0 aromatic carbocycles. The first-order valence-electron chi connectivity index (χ1n) is 4.74. The van der Waals surface area contributed by atoms with Crippen molar-refractivity contribution in [2.75, 3.05) is 20.1 Å². The Kier molecular flexibility index (Phi) is 2.46. The van der Waals surface area contributed by atoms with E-state index in [1.807, 2.05) is 7.05 Å². The van der Waals surface area contributed by atoms with Crippen LogP contribution in [0.25, 0.3) is 0 Å². The summed E-state index contributed by atoms with van der Waals surface area (Å²) in [6.07, 6.45) is -4.10. The third-order valence-electron chi connectivity index (χ3n) is 2.57. The number of rotatable bonds is 0. The van der Waals surface area contributed by atoms with Crippen LogP contribution in [-0.4, -0.2) is 43.6 Å². The van der Waals surface area contributed by atoms with Crippen molar-refractivity contribution in [1.29, 1.82) is 0 Å². The van der Waals surface area contributed by atoms with E-state index < -0.39 is 12.3 Å². The van der Waals surface area contributed by atoms with E-state index in [0.29, 0.717) is 18.7 Å². The number of likely N-dealkylation sites (N-methyl/N-ethyl adjacent to an activating group) is 1. The minimum Gasteiger partial charge on any atom is -0.359 e. The van der Waals surface area contributed by atoms with Gasteiger partial charge in [-0.3, -0.25) is 4.99 Å². The van der Waals surface area contributed by atoms with Crippen LogP contribution in [0.1, 0.15) is 6.42 Å². The van der Waals surface area contributed by atoms with Gasteiger partial charge in [0.15, 0.2) is 0 Å². The molecule has 0 saturated carbocycles. The van der Waals surface area contributed by atoms with E-state index >= 15 is 0 Å². The maximum Gasteiger partial charge on any atom is 0.429 e. The topological polar surface area (TPSA) is 27.6 Å². The Bertz CT molecular complexity index is 319. The van der Waals surface area contributed by atoms with E-state index in [2.05, 4.69) is 15.2 Å². The summed E-state index contributed by atoms with van der Waals surface area (Å²) in [6, 6.07) is 0. The van der Waals surface area contributed by atoms with E-state index in [1.165, 1.54) is 6.21 Å². The summed E-state index contributed by atoms with van der Waals surface area (Å²) in [5, 5.41) is 2.45. The highest BCUT2D eigenvalue weighted by molar-refractivity contribution is 5.81. The zero-order valence-corrected chi connectivity index (χ0v) is 8.30. The lowest BCUT2D eigenvalue weighted by Gasteiger charge is -2.32. The lowest BCUT2D eigenvalue weighted by Crippen LogP contribution is -2.45. The van der Waals surface area contributed by atoms with Gasteiger partial charge in [-0.15, -0.1) is 0 Å². The van der Waals surface area contributed by atoms with Gasteiger partial charge in [0.25, 0.3) is 0 Å². The van der Waals surface area contributed by atoms with Gasteiger partial charge in [-0.25, -0.2) is 0 Å². The minimum absolute atomic E-state index is 0.629. The molecule has 2 aliphatic rings. The average Bonchev–Trinajstić information content (AvgIpc) is 2.15. The summed E-state index contributed by atoms with van der Waals surface area (Å²) in [6.45, 7) is 1.45. The molecule has 84 valence electrons. The molecule has 0 saturated heterocycles. The van der Waals surface area contributed by atoms with E-state index in [9.17, 15) is 13.2 Å². The second kappa shape index (κ2) is 3.52. The molecule has 0 radical (unpaired) electrons. The fourth-order valence-electron chi connectivity index (χ4n) is 1.75. The van der Waals surface area contributed by atoms with Crippen LogP contribution in [0.5, 0.6) is 0 Å². The van der Waals surface area contributed by atoms with Crippen LogP contribution in [0.2, 0.25) is 0 Å². The third-order valence-corrected chi connectivity index (χ3v) is 2.57. The fourth-order valence-corrected chi connectivity index (χ4v) is 1.75. The molecular formula is C9H12F3N3. The molecule has 2 heterocycles. The molecule has 0 amide bonds. The molecule has 3 nitrogen and oxygen atoms in total. The van der Waals surface area contributed by atoms with Crippen LogP contribution in [-0.2, 0) is 0 Å². The van der Waals surface area contributed by atoms with Crippen LogP contribution < -0.4 is 5.32 Å². The predicted octanol–water partition coefficient (Wildman–Crippen LogP) is 1.14. The number of hydrogen-bond donors (Lipinski definition) is 1. The predicted molar refractivity (Wildman–Crippen MR) is 50.6 cm³/mol. The first kappa shape index (κ1) is 10.5. The SMILES string of the molecule is CN1CCC2=C(C=NC(C(F)(F)F)N2)C1. The van der Waals surface area contributed by atoms with Gasteiger partial charge < -0.3 is 10.2 Å². The molecule has 0 fully saturated rings. The van der Waals surface area contributed by atoms with Crippen molar-refractivity contribution in [3.8, 4) is 0 Å². The quantitative estimate of drug-likeness (QED) is 0.661. The number of nitrogens with zero attached hydrogens (tertiary/aromatic N) is 2. The first-order chi connectivity index (χ1) is 6.97. The molecule has 2 aliphatic heterocycles. The highest BCUT2D eigenvalue weighted by Crippen LogP contribution is 2.26. The Morgan fingerprint density at radius 2 is 2.27 bits per heavy atom. The number of alkyl halides is 3. The molecule has 0 spiro atoms. The number of aliphatic imine (C=N–C) groups is 1. The summed E-state index contributed by atoms with van der Waals surface area (Å²) in [4.78, 5) is 5.53. The Labute approximate surface area is 85.7 Å². The van der Waals surface area contributed by atoms with Gasteiger partial charge in [-0.2, -0.15) is 13.2 Å². The summed E-state index contributed by atoms with van der Waals surface area (Å²) < 4.78 is 37.1. The lowest BCUT2D eigenvalue weighted by atomic mass is 10.1. The Hall–Kier alpha value is -1.04. The second-order valence-corrected chi connectivity index (χ2v) is 3.86. The van der Waals surface area contributed by atoms with Crippen LogP contribution in [0.4, 0.5) is 13.2 Å². The van der Waals surface area contributed by atoms with Crippen molar-refractivity contribution in [1.82, 2.24) is 10.2 Å². The Morgan fingerprint density at radius 3 is 2.93 bits per heavy atom. The van der Waals surface area contributed by atoms with Gasteiger partial charge >= 0.3 is 6.18 Å². The van der Waals surface area contributed by atoms with E-state index in [4.69, 9.17) is 0 Å². The van der Waals surface area contributed by atoms with E-state index in [-0.39, 0.29) is 0 Å². The van der Waals surface area contributed by atoms with Crippen molar-refractivity contribution < 1.29 is 13.2 Å². The summed E-state index contributed by atoms with van der Waals surface area (Å²) in [5.41, 5.74) is 1.55. The Morgan fingerprint density at radius 1 is 1.53 bits per heavy atom. The van der Waals surface area contributed by atoms with E-state index in [0.717, 1.165) is 12.1 Å². The number of hydrogen-bond acceptors (Lipinski definition) is 3. The molecule has 1 atom stereocenters. The standard InChI is InChI=1S/C9H12F3N3/c1-15-3-2-7-6(5-15)4-13-8(14-7)9(10,11)12/h4,8,14H,2-3,5H2,1H3. The second-order valence-electron chi connectivity index (χ2n) is 3.86. The molecule has 0 aromatic heterocycles. The van der Waals surface area contributed by atoms with E-state index in [1.54, 1.807) is 0 Å². The highest BCUT2D eigenvalue weighted by atomic mass is 19.4. The molecular weight excluding hydrogens is 207 g/mol. The smallest absolute Gasteiger partial charge is 0.359 e. The lowest BCUT2D eigenvalue weighted by molar-refractivity contribution is -0.152. The molecule has 2 rings (SSSR count). The monoisotopic (exact) mass is 219 g/mol. The molecule has 1 N–H and O–H groups in total. The van der Waals surface area contributed by atoms with Gasteiger partial charge in [-0.05, 0) is 7.05 Å². The van der Waals surface area contributed by atoms with Crippen LogP contribution in [0.15, 0.2) is 16.3 Å². The maximum absolute atomic E-state index is 12.4. The zero-order valence-electron chi connectivity index (χ0n) is 8.30. The molecule has 15 heavy (non-hydrogen) atoms. The van der Waals surface area contributed by atoms with Gasteiger partial charge in [0.1, 0.15) is 0 Å².